The van der Waals surface area contributed by atoms with Gasteiger partial charge in [-0.25, -0.2) is 0 Å². The Morgan fingerprint density at radius 2 is 1.74 bits per heavy atom. The maximum Gasteiger partial charge on any atom is 0.0866 e. The molecule has 0 aliphatic rings. The second kappa shape index (κ2) is 5.17. The molecule has 0 aliphatic carbocycles. The first kappa shape index (κ1) is 13.8. The average Bonchev–Trinajstić information content (AvgIpc) is 2.58. The summed E-state index contributed by atoms with van der Waals surface area (Å²) in [7, 11) is 1.91. The normalized spacial score (nSPS) is 12.7. The van der Waals surface area contributed by atoms with Crippen molar-refractivity contribution in [2.75, 3.05) is 0 Å². The number of aliphatic hydroxyl groups is 1. The van der Waals surface area contributed by atoms with Gasteiger partial charge in [0, 0.05) is 24.7 Å². The molecule has 3 nitrogen and oxygen atoms in total. The SMILES string of the molecule is Cc1cccc(C)c1CC(O)c1c(C)nn(C)c1C. The molecular formula is C16H22N2O. The van der Waals surface area contributed by atoms with Gasteiger partial charge in [-0.1, -0.05) is 18.2 Å². The van der Waals surface area contributed by atoms with E-state index >= 15 is 0 Å². The summed E-state index contributed by atoms with van der Waals surface area (Å²) in [4.78, 5) is 0. The maximum absolute atomic E-state index is 10.5. The van der Waals surface area contributed by atoms with Crippen LogP contribution in [0.5, 0.6) is 0 Å². The third-order valence-electron chi connectivity index (χ3n) is 3.94. The van der Waals surface area contributed by atoms with Gasteiger partial charge in [0.2, 0.25) is 0 Å². The number of aryl methyl sites for hydroxylation is 4. The van der Waals surface area contributed by atoms with Gasteiger partial charge in [-0.3, -0.25) is 4.68 Å². The predicted octanol–water partition coefficient (Wildman–Crippen LogP) is 2.93. The molecule has 0 aliphatic heterocycles. The molecule has 0 bridgehead atoms. The van der Waals surface area contributed by atoms with Crippen LogP contribution in [0, 0.1) is 27.7 Å². The Bertz CT molecular complexity index is 579. The first-order chi connectivity index (χ1) is 8.91. The summed E-state index contributed by atoms with van der Waals surface area (Å²) in [6, 6.07) is 6.25. The van der Waals surface area contributed by atoms with Crippen LogP contribution in [0.2, 0.25) is 0 Å². The van der Waals surface area contributed by atoms with Gasteiger partial charge < -0.3 is 5.11 Å². The summed E-state index contributed by atoms with van der Waals surface area (Å²) in [5.41, 5.74) is 6.62. The highest BCUT2D eigenvalue weighted by molar-refractivity contribution is 5.36. The summed E-state index contributed by atoms with van der Waals surface area (Å²) < 4.78 is 1.83. The van der Waals surface area contributed by atoms with Crippen LogP contribution in [0.15, 0.2) is 18.2 Å². The van der Waals surface area contributed by atoms with Crippen LogP contribution in [0.3, 0.4) is 0 Å². The molecule has 2 rings (SSSR count). The standard InChI is InChI=1S/C16H22N2O/c1-10-7-6-8-11(2)14(10)9-15(19)16-12(3)17-18(5)13(16)4/h6-8,15,19H,9H2,1-5H3. The third-order valence-corrected chi connectivity index (χ3v) is 3.94. The molecule has 1 heterocycles. The minimum Gasteiger partial charge on any atom is -0.388 e. The molecule has 0 saturated heterocycles. The Morgan fingerprint density at radius 3 is 2.21 bits per heavy atom. The van der Waals surface area contributed by atoms with Crippen LogP contribution in [0.4, 0.5) is 0 Å². The van der Waals surface area contributed by atoms with E-state index in [0.717, 1.165) is 17.0 Å². The first-order valence-corrected chi connectivity index (χ1v) is 6.65. The highest BCUT2D eigenvalue weighted by atomic mass is 16.3. The van der Waals surface area contributed by atoms with E-state index in [-0.39, 0.29) is 0 Å². The Labute approximate surface area is 114 Å². The van der Waals surface area contributed by atoms with Gasteiger partial charge in [-0.05, 0) is 44.4 Å². The van der Waals surface area contributed by atoms with E-state index < -0.39 is 6.10 Å². The molecule has 1 aromatic carbocycles. The lowest BCUT2D eigenvalue weighted by molar-refractivity contribution is 0.176. The van der Waals surface area contributed by atoms with Crippen molar-refractivity contribution in [3.8, 4) is 0 Å². The Balaban J connectivity index is 2.33. The number of nitrogens with zero attached hydrogens (tertiary/aromatic N) is 2. The second-order valence-electron chi connectivity index (χ2n) is 5.30. The molecule has 3 heteroatoms. The van der Waals surface area contributed by atoms with Gasteiger partial charge in [0.1, 0.15) is 0 Å². The van der Waals surface area contributed by atoms with Crippen molar-refractivity contribution >= 4 is 0 Å². The van der Waals surface area contributed by atoms with E-state index in [9.17, 15) is 5.11 Å². The van der Waals surface area contributed by atoms with E-state index in [1.165, 1.54) is 16.7 Å². The van der Waals surface area contributed by atoms with E-state index in [1.54, 1.807) is 0 Å². The Kier molecular flexibility index (Phi) is 3.76. The van der Waals surface area contributed by atoms with Crippen molar-refractivity contribution in [1.82, 2.24) is 9.78 Å². The van der Waals surface area contributed by atoms with E-state index in [4.69, 9.17) is 0 Å². The molecule has 0 radical (unpaired) electrons. The van der Waals surface area contributed by atoms with Crippen molar-refractivity contribution in [1.29, 1.82) is 0 Å². The molecule has 0 amide bonds. The van der Waals surface area contributed by atoms with Crippen LogP contribution in [0.25, 0.3) is 0 Å². The second-order valence-corrected chi connectivity index (χ2v) is 5.30. The highest BCUT2D eigenvalue weighted by Crippen LogP contribution is 2.26. The first-order valence-electron chi connectivity index (χ1n) is 6.65. The van der Waals surface area contributed by atoms with Crippen molar-refractivity contribution in [2.24, 2.45) is 7.05 Å². The fraction of sp³-hybridized carbons (Fsp3) is 0.438. The number of aromatic nitrogens is 2. The number of aliphatic hydroxyl groups excluding tert-OH is 1. The van der Waals surface area contributed by atoms with Crippen molar-refractivity contribution in [3.63, 3.8) is 0 Å². The summed E-state index contributed by atoms with van der Waals surface area (Å²) in [6.07, 6.45) is 0.153. The molecule has 1 atom stereocenters. The molecular weight excluding hydrogens is 236 g/mol. The lowest BCUT2D eigenvalue weighted by atomic mass is 9.94. The number of benzene rings is 1. The molecule has 0 saturated carbocycles. The maximum atomic E-state index is 10.5. The van der Waals surface area contributed by atoms with Gasteiger partial charge in [0.05, 0.1) is 11.8 Å². The van der Waals surface area contributed by atoms with Crippen LogP contribution >= 0.6 is 0 Å². The lowest BCUT2D eigenvalue weighted by Crippen LogP contribution is -2.07. The number of hydrogen-bond donors (Lipinski definition) is 1. The largest absolute Gasteiger partial charge is 0.388 e. The summed E-state index contributed by atoms with van der Waals surface area (Å²) in [5.74, 6) is 0. The topological polar surface area (TPSA) is 38.1 Å². The van der Waals surface area contributed by atoms with Gasteiger partial charge in [-0.2, -0.15) is 5.10 Å². The fourth-order valence-electron chi connectivity index (χ4n) is 2.74. The minimum absolute atomic E-state index is 0.492. The average molecular weight is 258 g/mol. The van der Waals surface area contributed by atoms with Crippen LogP contribution in [-0.4, -0.2) is 14.9 Å². The molecule has 0 fully saturated rings. The summed E-state index contributed by atoms with van der Waals surface area (Å²) >= 11 is 0. The van der Waals surface area contributed by atoms with E-state index in [2.05, 4.69) is 37.1 Å². The van der Waals surface area contributed by atoms with Gasteiger partial charge in [0.25, 0.3) is 0 Å². The molecule has 1 N–H and O–H groups in total. The number of rotatable bonds is 3. The molecule has 0 spiro atoms. The smallest absolute Gasteiger partial charge is 0.0866 e. The third kappa shape index (κ3) is 2.56. The predicted molar refractivity (Wildman–Crippen MR) is 77.3 cm³/mol. The molecule has 19 heavy (non-hydrogen) atoms. The zero-order valence-corrected chi connectivity index (χ0v) is 12.4. The number of hydrogen-bond acceptors (Lipinski definition) is 2. The lowest BCUT2D eigenvalue weighted by Gasteiger charge is -2.15. The molecule has 1 aromatic heterocycles. The monoisotopic (exact) mass is 258 g/mol. The van der Waals surface area contributed by atoms with Crippen molar-refractivity contribution in [2.45, 2.75) is 40.2 Å². The zero-order valence-electron chi connectivity index (χ0n) is 12.4. The molecule has 102 valence electrons. The summed E-state index contributed by atoms with van der Waals surface area (Å²) in [5, 5.41) is 14.9. The Morgan fingerprint density at radius 1 is 1.16 bits per heavy atom. The fourth-order valence-corrected chi connectivity index (χ4v) is 2.74. The van der Waals surface area contributed by atoms with Crippen molar-refractivity contribution in [3.05, 3.63) is 51.8 Å². The van der Waals surface area contributed by atoms with Gasteiger partial charge >= 0.3 is 0 Å². The van der Waals surface area contributed by atoms with E-state index in [1.807, 2.05) is 25.6 Å². The van der Waals surface area contributed by atoms with E-state index in [0.29, 0.717) is 6.42 Å². The minimum atomic E-state index is -0.492. The van der Waals surface area contributed by atoms with Crippen molar-refractivity contribution < 1.29 is 5.11 Å². The zero-order chi connectivity index (χ0) is 14.2. The molecule has 2 aromatic rings. The van der Waals surface area contributed by atoms with Gasteiger partial charge in [-0.15, -0.1) is 0 Å². The van der Waals surface area contributed by atoms with Crippen LogP contribution < -0.4 is 0 Å². The quantitative estimate of drug-likeness (QED) is 0.919. The molecule has 1 unspecified atom stereocenters. The van der Waals surface area contributed by atoms with Gasteiger partial charge in [0.15, 0.2) is 0 Å². The highest BCUT2D eigenvalue weighted by Gasteiger charge is 2.19. The Hall–Kier alpha value is -1.61. The van der Waals surface area contributed by atoms with Crippen LogP contribution in [0.1, 0.15) is 39.7 Å². The summed E-state index contributed by atoms with van der Waals surface area (Å²) in [6.45, 7) is 8.15. The van der Waals surface area contributed by atoms with Crippen LogP contribution in [-0.2, 0) is 13.5 Å².